The molecule has 3 heteroatoms. The van der Waals surface area contributed by atoms with Gasteiger partial charge >= 0.3 is 5.97 Å². The number of cyclic esters (lactones) is 1. The maximum absolute atomic E-state index is 13.1. The minimum Gasteiger partial charge on any atom is -0.459 e. The smallest absolute Gasteiger partial charge is 0.321 e. The van der Waals surface area contributed by atoms with Gasteiger partial charge < -0.3 is 9.47 Å². The van der Waals surface area contributed by atoms with Crippen molar-refractivity contribution < 1.29 is 14.3 Å². The molecular weight excluding hydrogens is 336 g/mol. The molecule has 4 rings (SSSR count). The number of hydrogen-bond donors (Lipinski definition) is 0. The topological polar surface area (TPSA) is 35.5 Å². The number of carbonyl (C=O) groups is 1. The molecule has 1 fully saturated rings. The van der Waals surface area contributed by atoms with Crippen LogP contribution in [0.15, 0.2) is 91.0 Å². The summed E-state index contributed by atoms with van der Waals surface area (Å²) < 4.78 is 11.6. The van der Waals surface area contributed by atoms with Crippen molar-refractivity contribution in [3.8, 4) is 0 Å². The van der Waals surface area contributed by atoms with Gasteiger partial charge in [0.1, 0.15) is 11.5 Å². The lowest BCUT2D eigenvalue weighted by Gasteiger charge is -2.26. The van der Waals surface area contributed by atoms with Gasteiger partial charge in [-0.1, -0.05) is 91.0 Å². The molecule has 0 bridgehead atoms. The van der Waals surface area contributed by atoms with Crippen molar-refractivity contribution in [3.05, 3.63) is 108 Å². The Labute approximate surface area is 159 Å². The van der Waals surface area contributed by atoms with E-state index in [1.165, 1.54) is 0 Å². The Morgan fingerprint density at radius 3 is 1.89 bits per heavy atom. The van der Waals surface area contributed by atoms with E-state index < -0.39 is 5.41 Å². The Hall–Kier alpha value is -2.91. The third-order valence-corrected chi connectivity index (χ3v) is 5.10. The zero-order valence-corrected chi connectivity index (χ0v) is 15.1. The van der Waals surface area contributed by atoms with Gasteiger partial charge in [-0.15, -0.1) is 0 Å². The molecule has 1 aliphatic heterocycles. The van der Waals surface area contributed by atoms with Crippen molar-refractivity contribution in [3.63, 3.8) is 0 Å². The van der Waals surface area contributed by atoms with E-state index in [0.29, 0.717) is 19.6 Å². The number of carbonyl (C=O) groups excluding carboxylic acids is 1. The summed E-state index contributed by atoms with van der Waals surface area (Å²) in [5, 5.41) is 0. The Balaban J connectivity index is 1.55. The molecule has 0 spiro atoms. The standard InChI is InChI=1S/C24H22O3/c25-23-24(20-12-6-2-7-13-20,21-14-8-3-9-15-21)16-22(27-23)18-26-17-19-10-4-1-5-11-19/h1-15,22H,16-18H2/t22-/m1/s1. The van der Waals surface area contributed by atoms with Crippen LogP contribution in [-0.4, -0.2) is 18.7 Å². The van der Waals surface area contributed by atoms with Crippen LogP contribution >= 0.6 is 0 Å². The van der Waals surface area contributed by atoms with Crippen LogP contribution in [0, 0.1) is 0 Å². The van der Waals surface area contributed by atoms with E-state index in [1.807, 2.05) is 91.0 Å². The Morgan fingerprint density at radius 2 is 1.33 bits per heavy atom. The quantitative estimate of drug-likeness (QED) is 0.609. The van der Waals surface area contributed by atoms with E-state index in [1.54, 1.807) is 0 Å². The highest BCUT2D eigenvalue weighted by atomic mass is 16.6. The molecule has 3 nitrogen and oxygen atoms in total. The Morgan fingerprint density at radius 1 is 0.815 bits per heavy atom. The second-order valence-electron chi connectivity index (χ2n) is 6.87. The molecule has 1 aliphatic rings. The van der Waals surface area contributed by atoms with Gasteiger partial charge in [-0.3, -0.25) is 4.79 Å². The van der Waals surface area contributed by atoms with Crippen LogP contribution in [0.3, 0.4) is 0 Å². The molecule has 1 heterocycles. The highest BCUT2D eigenvalue weighted by molar-refractivity contribution is 5.89. The molecular formula is C24H22O3. The van der Waals surface area contributed by atoms with Crippen LogP contribution in [0.1, 0.15) is 23.1 Å². The van der Waals surface area contributed by atoms with Crippen molar-refractivity contribution >= 4 is 5.97 Å². The van der Waals surface area contributed by atoms with Gasteiger partial charge in [0.2, 0.25) is 0 Å². The molecule has 27 heavy (non-hydrogen) atoms. The van der Waals surface area contributed by atoms with Crippen molar-refractivity contribution in [2.24, 2.45) is 0 Å². The first-order valence-electron chi connectivity index (χ1n) is 9.23. The maximum Gasteiger partial charge on any atom is 0.321 e. The number of benzene rings is 3. The van der Waals surface area contributed by atoms with Gasteiger partial charge in [0.15, 0.2) is 0 Å². The second kappa shape index (κ2) is 7.77. The fourth-order valence-electron chi connectivity index (χ4n) is 3.78. The summed E-state index contributed by atoms with van der Waals surface area (Å²) in [6.07, 6.45) is 0.316. The molecule has 0 saturated carbocycles. The first-order valence-corrected chi connectivity index (χ1v) is 9.23. The molecule has 136 valence electrons. The third-order valence-electron chi connectivity index (χ3n) is 5.10. The molecule has 1 saturated heterocycles. The fraction of sp³-hybridized carbons (Fsp3) is 0.208. The molecule has 0 N–H and O–H groups in total. The fourth-order valence-corrected chi connectivity index (χ4v) is 3.78. The summed E-state index contributed by atoms with van der Waals surface area (Å²) in [7, 11) is 0. The van der Waals surface area contributed by atoms with E-state index in [-0.39, 0.29) is 12.1 Å². The highest BCUT2D eigenvalue weighted by Crippen LogP contribution is 2.43. The number of rotatable bonds is 6. The summed E-state index contributed by atoms with van der Waals surface area (Å²) in [5.41, 5.74) is 2.27. The molecule has 0 radical (unpaired) electrons. The first-order chi connectivity index (χ1) is 13.3. The van der Waals surface area contributed by atoms with Gasteiger partial charge in [0.05, 0.1) is 13.2 Å². The van der Waals surface area contributed by atoms with Crippen molar-refractivity contribution in [1.82, 2.24) is 0 Å². The van der Waals surface area contributed by atoms with Crippen molar-refractivity contribution in [1.29, 1.82) is 0 Å². The Kier molecular flexibility index (Phi) is 5.03. The van der Waals surface area contributed by atoms with Crippen molar-refractivity contribution in [2.45, 2.75) is 24.5 Å². The van der Waals surface area contributed by atoms with E-state index in [0.717, 1.165) is 16.7 Å². The van der Waals surface area contributed by atoms with Gasteiger partial charge in [0.25, 0.3) is 0 Å². The van der Waals surface area contributed by atoms with Crippen LogP contribution in [0.5, 0.6) is 0 Å². The minimum atomic E-state index is -0.775. The van der Waals surface area contributed by atoms with E-state index >= 15 is 0 Å². The average Bonchev–Trinajstić information content (AvgIpc) is 3.07. The van der Waals surface area contributed by atoms with Crippen LogP contribution in [0.4, 0.5) is 0 Å². The van der Waals surface area contributed by atoms with Crippen LogP contribution in [0.25, 0.3) is 0 Å². The largest absolute Gasteiger partial charge is 0.459 e. The lowest BCUT2D eigenvalue weighted by Crippen LogP contribution is -2.33. The summed E-state index contributed by atoms with van der Waals surface area (Å²) >= 11 is 0. The van der Waals surface area contributed by atoms with Crippen LogP contribution < -0.4 is 0 Å². The van der Waals surface area contributed by atoms with E-state index in [2.05, 4.69) is 0 Å². The summed E-state index contributed by atoms with van der Waals surface area (Å²) in [5.74, 6) is -0.201. The molecule has 0 aromatic heterocycles. The summed E-state index contributed by atoms with van der Waals surface area (Å²) in [6, 6.07) is 29.8. The van der Waals surface area contributed by atoms with Crippen LogP contribution in [0.2, 0.25) is 0 Å². The van der Waals surface area contributed by atoms with Gasteiger partial charge in [-0.25, -0.2) is 0 Å². The highest BCUT2D eigenvalue weighted by Gasteiger charge is 2.51. The van der Waals surface area contributed by atoms with Crippen LogP contribution in [-0.2, 0) is 26.3 Å². The summed E-state index contributed by atoms with van der Waals surface area (Å²) in [6.45, 7) is 0.903. The lowest BCUT2D eigenvalue weighted by molar-refractivity contribution is -0.146. The molecule has 1 atom stereocenters. The number of ether oxygens (including phenoxy) is 2. The third kappa shape index (κ3) is 3.51. The normalized spacial score (nSPS) is 18.2. The molecule has 3 aromatic carbocycles. The zero-order valence-electron chi connectivity index (χ0n) is 15.1. The molecule has 0 aliphatic carbocycles. The summed E-state index contributed by atoms with van der Waals surface area (Å²) in [4.78, 5) is 13.1. The predicted octanol–water partition coefficient (Wildman–Crippen LogP) is 4.51. The number of esters is 1. The van der Waals surface area contributed by atoms with Gasteiger partial charge in [-0.05, 0) is 16.7 Å². The van der Waals surface area contributed by atoms with Gasteiger partial charge in [-0.2, -0.15) is 0 Å². The second-order valence-corrected chi connectivity index (χ2v) is 6.87. The molecule has 3 aromatic rings. The van der Waals surface area contributed by atoms with E-state index in [9.17, 15) is 4.79 Å². The predicted molar refractivity (Wildman–Crippen MR) is 104 cm³/mol. The van der Waals surface area contributed by atoms with Crippen molar-refractivity contribution in [2.75, 3.05) is 6.61 Å². The SMILES string of the molecule is O=C1O[C@@H](COCc2ccccc2)CC1(c1ccccc1)c1ccccc1. The molecule has 0 unspecified atom stereocenters. The zero-order chi connectivity index (χ0) is 18.5. The minimum absolute atomic E-state index is 0.201. The van der Waals surface area contributed by atoms with E-state index in [4.69, 9.17) is 9.47 Å². The average molecular weight is 358 g/mol. The molecule has 0 amide bonds. The van der Waals surface area contributed by atoms with Gasteiger partial charge in [0, 0.05) is 6.42 Å². The maximum atomic E-state index is 13.1. The lowest BCUT2D eigenvalue weighted by atomic mass is 9.72. The Bertz CT molecular complexity index is 836. The monoisotopic (exact) mass is 358 g/mol. The first kappa shape index (κ1) is 17.5. The number of hydrogen-bond acceptors (Lipinski definition) is 3.